The molecular weight excluding hydrogens is 470 g/mol. The number of methoxy groups -OCH3 is 1. The second-order valence-electron chi connectivity index (χ2n) is 7.50. The van der Waals surface area contributed by atoms with Crippen LogP contribution in [0.3, 0.4) is 0 Å². The van der Waals surface area contributed by atoms with Crippen LogP contribution in [0.25, 0.3) is 11.4 Å². The topological polar surface area (TPSA) is 81.9 Å². The zero-order valence-corrected chi connectivity index (χ0v) is 20.4. The first-order valence-electron chi connectivity index (χ1n) is 10.7. The van der Waals surface area contributed by atoms with Crippen LogP contribution in [0.2, 0.25) is 5.02 Å². The number of anilines is 1. The van der Waals surface area contributed by atoms with Gasteiger partial charge >= 0.3 is 0 Å². The molecule has 34 heavy (non-hydrogen) atoms. The van der Waals surface area contributed by atoms with Crippen LogP contribution in [-0.4, -0.2) is 38.0 Å². The van der Waals surface area contributed by atoms with Crippen molar-refractivity contribution in [2.24, 2.45) is 0 Å². The number of hydrogen-bond donors (Lipinski definition) is 1. The van der Waals surface area contributed by atoms with Gasteiger partial charge in [-0.2, -0.15) is 0 Å². The van der Waals surface area contributed by atoms with E-state index in [4.69, 9.17) is 16.3 Å². The number of aromatic nitrogens is 4. The maximum absolute atomic E-state index is 12.8. The third-order valence-corrected chi connectivity index (χ3v) is 6.47. The Balaban J connectivity index is 1.58. The van der Waals surface area contributed by atoms with E-state index in [9.17, 15) is 4.79 Å². The van der Waals surface area contributed by atoms with Crippen molar-refractivity contribution in [3.63, 3.8) is 0 Å². The third-order valence-electron chi connectivity index (χ3n) is 5.16. The minimum atomic E-state index is -0.428. The molecule has 0 aliphatic heterocycles. The van der Waals surface area contributed by atoms with Crippen molar-refractivity contribution in [1.82, 2.24) is 19.7 Å². The first-order chi connectivity index (χ1) is 16.5. The summed E-state index contributed by atoms with van der Waals surface area (Å²) in [5, 5.41) is 12.4. The highest BCUT2D eigenvalue weighted by Crippen LogP contribution is 2.32. The van der Waals surface area contributed by atoms with E-state index in [0.717, 1.165) is 12.0 Å². The van der Waals surface area contributed by atoms with Crippen LogP contribution in [-0.2, 0) is 17.8 Å². The summed E-state index contributed by atoms with van der Waals surface area (Å²) < 4.78 is 7.59. The summed E-state index contributed by atoms with van der Waals surface area (Å²) in [6, 6.07) is 21.3. The third kappa shape index (κ3) is 5.76. The van der Waals surface area contributed by atoms with Crippen molar-refractivity contribution < 1.29 is 9.53 Å². The zero-order chi connectivity index (χ0) is 23.9. The maximum atomic E-state index is 12.8. The van der Waals surface area contributed by atoms with E-state index in [1.165, 1.54) is 23.5 Å². The van der Waals surface area contributed by atoms with Gasteiger partial charge in [-0.1, -0.05) is 65.8 Å². The predicted octanol–water partition coefficient (Wildman–Crippen LogP) is 5.36. The molecule has 7 nitrogen and oxygen atoms in total. The van der Waals surface area contributed by atoms with Gasteiger partial charge in [0.1, 0.15) is 11.6 Å². The van der Waals surface area contributed by atoms with Crippen LogP contribution in [0, 0.1) is 0 Å². The van der Waals surface area contributed by atoms with E-state index >= 15 is 0 Å². The number of nitrogens with one attached hydrogen (secondary N) is 1. The molecule has 174 valence electrons. The van der Waals surface area contributed by atoms with Gasteiger partial charge in [0.15, 0.2) is 11.0 Å². The van der Waals surface area contributed by atoms with E-state index in [1.807, 2.05) is 54.0 Å². The number of para-hydroxylation sites is 1. The monoisotopic (exact) mass is 493 g/mol. The van der Waals surface area contributed by atoms with E-state index in [1.54, 1.807) is 19.2 Å². The Morgan fingerprint density at radius 3 is 2.59 bits per heavy atom. The number of aryl methyl sites for hydroxylation is 1. The Bertz CT molecular complexity index is 1250. The molecule has 2 aromatic heterocycles. The Morgan fingerprint density at radius 2 is 1.85 bits per heavy atom. The average molecular weight is 494 g/mol. The SMILES string of the molecule is COc1ccccc1-c1nnc(SC(C)C(=O)Nc2ccc(Cl)cn2)n1CCc1ccccc1. The molecular formula is C25H24ClN5O2S. The molecule has 4 rings (SSSR count). The Hall–Kier alpha value is -3.36. The fraction of sp³-hybridized carbons (Fsp3) is 0.200. The van der Waals surface area contributed by atoms with Crippen LogP contribution < -0.4 is 10.1 Å². The highest BCUT2D eigenvalue weighted by Gasteiger charge is 2.22. The summed E-state index contributed by atoms with van der Waals surface area (Å²) in [7, 11) is 1.64. The van der Waals surface area contributed by atoms with E-state index in [-0.39, 0.29) is 5.91 Å². The molecule has 0 radical (unpaired) electrons. The van der Waals surface area contributed by atoms with Gasteiger partial charge in [0, 0.05) is 12.7 Å². The van der Waals surface area contributed by atoms with E-state index in [0.29, 0.717) is 34.1 Å². The number of hydrogen-bond acceptors (Lipinski definition) is 6. The number of carbonyl (C=O) groups is 1. The lowest BCUT2D eigenvalue weighted by atomic mass is 10.1. The largest absolute Gasteiger partial charge is 0.496 e. The summed E-state index contributed by atoms with van der Waals surface area (Å²) in [5.41, 5.74) is 2.05. The smallest absolute Gasteiger partial charge is 0.238 e. The number of benzene rings is 2. The Kier molecular flexibility index (Phi) is 7.82. The number of thioether (sulfide) groups is 1. The number of pyridine rings is 1. The molecule has 1 atom stereocenters. The van der Waals surface area contributed by atoms with Crippen LogP contribution in [0.5, 0.6) is 5.75 Å². The molecule has 0 aliphatic rings. The van der Waals surface area contributed by atoms with Crippen LogP contribution >= 0.6 is 23.4 Å². The van der Waals surface area contributed by atoms with Crippen molar-refractivity contribution in [1.29, 1.82) is 0 Å². The quantitative estimate of drug-likeness (QED) is 0.316. The molecule has 9 heteroatoms. The van der Waals surface area contributed by atoms with Gasteiger partial charge in [-0.25, -0.2) is 4.98 Å². The van der Waals surface area contributed by atoms with E-state index in [2.05, 4.69) is 32.6 Å². The number of ether oxygens (including phenoxy) is 1. The normalized spacial score (nSPS) is 11.7. The molecule has 1 unspecified atom stereocenters. The first-order valence-corrected chi connectivity index (χ1v) is 12.0. The van der Waals surface area contributed by atoms with Crippen LogP contribution in [0.15, 0.2) is 78.1 Å². The molecule has 0 bridgehead atoms. The molecule has 0 saturated carbocycles. The highest BCUT2D eigenvalue weighted by atomic mass is 35.5. The lowest BCUT2D eigenvalue weighted by Gasteiger charge is -2.15. The van der Waals surface area contributed by atoms with Crippen molar-refractivity contribution in [2.75, 3.05) is 12.4 Å². The lowest BCUT2D eigenvalue weighted by Crippen LogP contribution is -2.23. The second-order valence-corrected chi connectivity index (χ2v) is 9.25. The van der Waals surface area contributed by atoms with Gasteiger partial charge in [-0.3, -0.25) is 4.79 Å². The van der Waals surface area contributed by atoms with Gasteiger partial charge in [-0.15, -0.1) is 10.2 Å². The van der Waals surface area contributed by atoms with Crippen LogP contribution in [0.4, 0.5) is 5.82 Å². The lowest BCUT2D eigenvalue weighted by molar-refractivity contribution is -0.115. The number of halogens is 1. The molecule has 0 saturated heterocycles. The summed E-state index contributed by atoms with van der Waals surface area (Å²) in [6.45, 7) is 2.48. The van der Waals surface area contributed by atoms with Crippen molar-refractivity contribution in [3.05, 3.63) is 83.5 Å². The molecule has 2 aromatic carbocycles. The van der Waals surface area contributed by atoms with Crippen molar-refractivity contribution >= 4 is 35.1 Å². The molecule has 0 spiro atoms. The van der Waals surface area contributed by atoms with Gasteiger partial charge < -0.3 is 14.6 Å². The average Bonchev–Trinajstić information content (AvgIpc) is 3.26. The van der Waals surface area contributed by atoms with Crippen molar-refractivity contribution in [2.45, 2.75) is 30.3 Å². The molecule has 0 fully saturated rings. The summed E-state index contributed by atoms with van der Waals surface area (Å²) in [6.07, 6.45) is 2.29. The molecule has 0 aliphatic carbocycles. The summed E-state index contributed by atoms with van der Waals surface area (Å²) in [4.78, 5) is 16.9. The Morgan fingerprint density at radius 1 is 1.09 bits per heavy atom. The molecule has 4 aromatic rings. The molecule has 1 amide bonds. The van der Waals surface area contributed by atoms with Gasteiger partial charge in [-0.05, 0) is 43.2 Å². The van der Waals surface area contributed by atoms with Gasteiger partial charge in [0.25, 0.3) is 0 Å². The van der Waals surface area contributed by atoms with Crippen LogP contribution in [0.1, 0.15) is 12.5 Å². The van der Waals surface area contributed by atoms with E-state index < -0.39 is 5.25 Å². The zero-order valence-electron chi connectivity index (χ0n) is 18.8. The minimum Gasteiger partial charge on any atom is -0.496 e. The minimum absolute atomic E-state index is 0.184. The number of carbonyl (C=O) groups excluding carboxylic acids is 1. The number of nitrogens with zero attached hydrogens (tertiary/aromatic N) is 4. The molecule has 2 heterocycles. The van der Waals surface area contributed by atoms with Crippen molar-refractivity contribution in [3.8, 4) is 17.1 Å². The summed E-state index contributed by atoms with van der Waals surface area (Å²) >= 11 is 7.23. The Labute approximate surface area is 207 Å². The second kappa shape index (κ2) is 11.2. The first kappa shape index (κ1) is 23.8. The fourth-order valence-corrected chi connectivity index (χ4v) is 4.37. The van der Waals surface area contributed by atoms with Gasteiger partial charge in [0.2, 0.25) is 5.91 Å². The number of amides is 1. The maximum Gasteiger partial charge on any atom is 0.238 e. The van der Waals surface area contributed by atoms with Gasteiger partial charge in [0.05, 0.1) is 22.9 Å². The standard InChI is InChI=1S/C25H24ClN5O2S/c1-17(24(32)28-22-13-12-19(26)16-27-22)34-25-30-29-23(20-10-6-7-11-21(20)33-2)31(25)15-14-18-8-4-3-5-9-18/h3-13,16-17H,14-15H2,1-2H3,(H,27,28,32). The number of rotatable bonds is 9. The predicted molar refractivity (Wildman–Crippen MR) is 135 cm³/mol. The molecule has 1 N–H and O–H groups in total. The fourth-order valence-electron chi connectivity index (χ4n) is 3.38. The summed E-state index contributed by atoms with van der Waals surface area (Å²) in [5.74, 6) is 1.67. The highest BCUT2D eigenvalue weighted by molar-refractivity contribution is 8.00.